The second-order valence-corrected chi connectivity index (χ2v) is 7.01. The summed E-state index contributed by atoms with van der Waals surface area (Å²) in [6, 6.07) is 7.96. The molecule has 0 bridgehead atoms. The maximum atomic E-state index is 12.5. The molecule has 1 amide bonds. The lowest BCUT2D eigenvalue weighted by atomic mass is 10.2. The Morgan fingerprint density at radius 2 is 2.08 bits per heavy atom. The highest BCUT2D eigenvalue weighted by Gasteiger charge is 2.28. The van der Waals surface area contributed by atoms with Crippen LogP contribution in [0.25, 0.3) is 0 Å². The topological polar surface area (TPSA) is 63.5 Å². The summed E-state index contributed by atoms with van der Waals surface area (Å²) < 4.78 is 7.93. The molecule has 0 N–H and O–H groups in total. The van der Waals surface area contributed by atoms with Gasteiger partial charge in [0.1, 0.15) is 0 Å². The predicted octanol–water partition coefficient (Wildman–Crippen LogP) is 1.47. The molecule has 4 rings (SSSR count). The van der Waals surface area contributed by atoms with E-state index < -0.39 is 0 Å². The summed E-state index contributed by atoms with van der Waals surface area (Å²) in [5, 5.41) is 4.45. The standard InChI is InChI=1S/C19H25N5O2/c25-19(23-9-3-4-10-23)13-22-11-17-6-8-21-24(17)18(12-22)15-26-14-16-5-1-2-7-20-16/h1-2,5-8,18H,3-4,9-15H2/t18-/m1/s1. The molecule has 0 spiro atoms. The maximum absolute atomic E-state index is 12.5. The molecule has 2 aliphatic heterocycles. The number of nitrogens with zero attached hydrogens (tertiary/aromatic N) is 5. The van der Waals surface area contributed by atoms with E-state index in [0.717, 1.165) is 50.4 Å². The van der Waals surface area contributed by atoms with E-state index >= 15 is 0 Å². The van der Waals surface area contributed by atoms with E-state index in [4.69, 9.17) is 4.74 Å². The average molecular weight is 355 g/mol. The van der Waals surface area contributed by atoms with Crippen molar-refractivity contribution < 1.29 is 9.53 Å². The van der Waals surface area contributed by atoms with Gasteiger partial charge in [-0.15, -0.1) is 0 Å². The van der Waals surface area contributed by atoms with Crippen molar-refractivity contribution in [3.63, 3.8) is 0 Å². The molecule has 2 aromatic rings. The highest BCUT2D eigenvalue weighted by atomic mass is 16.5. The van der Waals surface area contributed by atoms with E-state index in [1.165, 1.54) is 0 Å². The number of likely N-dealkylation sites (tertiary alicyclic amines) is 1. The fourth-order valence-corrected chi connectivity index (χ4v) is 3.75. The van der Waals surface area contributed by atoms with Crippen LogP contribution in [-0.4, -0.2) is 63.3 Å². The Morgan fingerprint density at radius 1 is 1.19 bits per heavy atom. The molecule has 0 unspecified atom stereocenters. The van der Waals surface area contributed by atoms with Crippen LogP contribution >= 0.6 is 0 Å². The van der Waals surface area contributed by atoms with Gasteiger partial charge in [0.05, 0.1) is 37.2 Å². The smallest absolute Gasteiger partial charge is 0.236 e. The third-order valence-electron chi connectivity index (χ3n) is 5.06. The molecular weight excluding hydrogens is 330 g/mol. The van der Waals surface area contributed by atoms with Gasteiger partial charge in [-0.1, -0.05) is 6.07 Å². The number of carbonyl (C=O) groups is 1. The first-order valence-electron chi connectivity index (χ1n) is 9.30. The lowest BCUT2D eigenvalue weighted by molar-refractivity contribution is -0.132. The summed E-state index contributed by atoms with van der Waals surface area (Å²) in [6.45, 7) is 4.86. The minimum atomic E-state index is 0.115. The first-order chi connectivity index (χ1) is 12.8. The normalized spacial score (nSPS) is 20.3. The van der Waals surface area contributed by atoms with Crippen molar-refractivity contribution in [1.82, 2.24) is 24.6 Å². The molecule has 1 atom stereocenters. The molecule has 0 aliphatic carbocycles. The molecule has 1 fully saturated rings. The van der Waals surface area contributed by atoms with E-state index in [1.54, 1.807) is 6.20 Å². The number of fused-ring (bicyclic) bond motifs is 1. The molecule has 7 nitrogen and oxygen atoms in total. The maximum Gasteiger partial charge on any atom is 0.236 e. The Kier molecular flexibility index (Phi) is 5.26. The summed E-state index contributed by atoms with van der Waals surface area (Å²) in [7, 11) is 0. The zero-order valence-electron chi connectivity index (χ0n) is 15.0. The van der Waals surface area contributed by atoms with Gasteiger partial charge in [-0.3, -0.25) is 19.4 Å². The van der Waals surface area contributed by atoms with E-state index in [9.17, 15) is 4.79 Å². The largest absolute Gasteiger partial charge is 0.373 e. The zero-order valence-corrected chi connectivity index (χ0v) is 15.0. The van der Waals surface area contributed by atoms with Crippen molar-refractivity contribution in [1.29, 1.82) is 0 Å². The van der Waals surface area contributed by atoms with Crippen molar-refractivity contribution in [2.45, 2.75) is 32.0 Å². The van der Waals surface area contributed by atoms with Crippen molar-refractivity contribution in [2.24, 2.45) is 0 Å². The van der Waals surface area contributed by atoms with E-state index in [-0.39, 0.29) is 11.9 Å². The van der Waals surface area contributed by atoms with Crippen LogP contribution in [0.4, 0.5) is 0 Å². The van der Waals surface area contributed by atoms with Gasteiger partial charge in [-0.2, -0.15) is 5.10 Å². The average Bonchev–Trinajstić information content (AvgIpc) is 3.34. The molecule has 7 heteroatoms. The Labute approximate surface area is 153 Å². The van der Waals surface area contributed by atoms with Gasteiger partial charge in [-0.05, 0) is 31.0 Å². The molecule has 2 aliphatic rings. The molecular formula is C19H25N5O2. The minimum Gasteiger partial charge on any atom is -0.373 e. The molecule has 26 heavy (non-hydrogen) atoms. The molecule has 2 aromatic heterocycles. The number of aromatic nitrogens is 3. The number of amides is 1. The van der Waals surface area contributed by atoms with Crippen LogP contribution in [0.1, 0.15) is 30.3 Å². The van der Waals surface area contributed by atoms with Crippen molar-refractivity contribution in [3.8, 4) is 0 Å². The Balaban J connectivity index is 1.35. The summed E-state index contributed by atoms with van der Waals surface area (Å²) in [5.41, 5.74) is 2.06. The third-order valence-corrected chi connectivity index (χ3v) is 5.06. The molecule has 1 saturated heterocycles. The SMILES string of the molecule is O=C(CN1Cc2ccnn2[C@@H](COCc2ccccn2)C1)N1CCCC1. The van der Waals surface area contributed by atoms with E-state index in [2.05, 4.69) is 15.0 Å². The van der Waals surface area contributed by atoms with Gasteiger partial charge < -0.3 is 9.64 Å². The Hall–Kier alpha value is -2.25. The summed E-state index contributed by atoms with van der Waals surface area (Å²) in [5.74, 6) is 0.239. The van der Waals surface area contributed by atoms with Gasteiger partial charge in [-0.25, -0.2) is 0 Å². The lowest BCUT2D eigenvalue weighted by Crippen LogP contribution is -2.45. The number of rotatable bonds is 6. The van der Waals surface area contributed by atoms with Crippen LogP contribution in [0.2, 0.25) is 0 Å². The van der Waals surface area contributed by atoms with Gasteiger partial charge in [0.25, 0.3) is 0 Å². The van der Waals surface area contributed by atoms with Crippen LogP contribution in [-0.2, 0) is 22.7 Å². The second kappa shape index (κ2) is 7.97. The first-order valence-corrected chi connectivity index (χ1v) is 9.30. The van der Waals surface area contributed by atoms with Gasteiger partial charge in [0.2, 0.25) is 5.91 Å². The summed E-state index contributed by atoms with van der Waals surface area (Å²) >= 11 is 0. The molecule has 0 aromatic carbocycles. The highest BCUT2D eigenvalue weighted by Crippen LogP contribution is 2.21. The highest BCUT2D eigenvalue weighted by molar-refractivity contribution is 5.78. The minimum absolute atomic E-state index is 0.115. The Morgan fingerprint density at radius 3 is 2.88 bits per heavy atom. The van der Waals surface area contributed by atoms with Crippen LogP contribution < -0.4 is 0 Å². The van der Waals surface area contributed by atoms with Crippen molar-refractivity contribution in [2.75, 3.05) is 32.8 Å². The van der Waals surface area contributed by atoms with Crippen LogP contribution in [0.15, 0.2) is 36.7 Å². The molecule has 0 radical (unpaired) electrons. The number of pyridine rings is 1. The summed E-state index contributed by atoms with van der Waals surface area (Å²) in [6.07, 6.45) is 5.86. The fourth-order valence-electron chi connectivity index (χ4n) is 3.75. The monoisotopic (exact) mass is 355 g/mol. The van der Waals surface area contributed by atoms with Crippen molar-refractivity contribution >= 4 is 5.91 Å². The first kappa shape index (κ1) is 17.2. The second-order valence-electron chi connectivity index (χ2n) is 7.01. The molecule has 4 heterocycles. The number of hydrogen-bond acceptors (Lipinski definition) is 5. The molecule has 138 valence electrons. The van der Waals surface area contributed by atoms with E-state index in [0.29, 0.717) is 19.8 Å². The predicted molar refractivity (Wildman–Crippen MR) is 96.2 cm³/mol. The summed E-state index contributed by atoms with van der Waals surface area (Å²) in [4.78, 5) is 21.0. The third kappa shape index (κ3) is 3.94. The quantitative estimate of drug-likeness (QED) is 0.785. The van der Waals surface area contributed by atoms with E-state index in [1.807, 2.05) is 40.0 Å². The number of hydrogen-bond donors (Lipinski definition) is 0. The van der Waals surface area contributed by atoms with Gasteiger partial charge >= 0.3 is 0 Å². The van der Waals surface area contributed by atoms with Crippen molar-refractivity contribution in [3.05, 3.63) is 48.0 Å². The Bertz CT molecular complexity index is 727. The number of carbonyl (C=O) groups excluding carboxylic acids is 1. The lowest BCUT2D eigenvalue weighted by Gasteiger charge is -2.34. The fraction of sp³-hybridized carbons (Fsp3) is 0.526. The van der Waals surface area contributed by atoms with Crippen LogP contribution in [0.3, 0.4) is 0 Å². The van der Waals surface area contributed by atoms with Gasteiger partial charge in [0, 0.05) is 38.6 Å². The van der Waals surface area contributed by atoms with Crippen LogP contribution in [0, 0.1) is 0 Å². The van der Waals surface area contributed by atoms with Crippen LogP contribution in [0.5, 0.6) is 0 Å². The number of ether oxygens (including phenoxy) is 1. The molecule has 0 saturated carbocycles. The zero-order chi connectivity index (χ0) is 17.8. The van der Waals surface area contributed by atoms with Gasteiger partial charge in [0.15, 0.2) is 0 Å².